The predicted molar refractivity (Wildman–Crippen MR) is 54.7 cm³/mol. The number of hydrogen-bond acceptors (Lipinski definition) is 4. The minimum absolute atomic E-state index is 0.0237. The van der Waals surface area contributed by atoms with Gasteiger partial charge in [0, 0.05) is 10.7 Å². The second kappa shape index (κ2) is 3.22. The van der Waals surface area contributed by atoms with Crippen molar-refractivity contribution in [3.8, 4) is 0 Å². The molecular formula is C7H3BrClNO3S. The van der Waals surface area contributed by atoms with Crippen LogP contribution in [-0.4, -0.2) is 13.6 Å². The lowest BCUT2D eigenvalue weighted by Crippen LogP contribution is -1.88. The summed E-state index contributed by atoms with van der Waals surface area (Å²) in [5.74, 6) is 0. The van der Waals surface area contributed by atoms with Crippen LogP contribution < -0.4 is 0 Å². The maximum Gasteiger partial charge on any atom is 0.261 e. The molecule has 1 aromatic carbocycles. The van der Waals surface area contributed by atoms with Gasteiger partial charge in [0.25, 0.3) is 9.05 Å². The van der Waals surface area contributed by atoms with Crippen LogP contribution in [0.3, 0.4) is 0 Å². The molecule has 0 bridgehead atoms. The zero-order valence-electron chi connectivity index (χ0n) is 6.57. The zero-order chi connectivity index (χ0) is 10.3. The Bertz CT molecular complexity index is 592. The largest absolute Gasteiger partial charge is 0.355 e. The lowest BCUT2D eigenvalue weighted by Gasteiger charge is -1.94. The Hall–Kier alpha value is -0.590. The number of fused-ring (bicyclic) bond motifs is 1. The fraction of sp³-hybridized carbons (Fsp3) is 0. The summed E-state index contributed by atoms with van der Waals surface area (Å²) in [6, 6.07) is 4.27. The Morgan fingerprint density at radius 2 is 2.14 bits per heavy atom. The van der Waals surface area contributed by atoms with E-state index < -0.39 is 9.05 Å². The highest BCUT2D eigenvalue weighted by Crippen LogP contribution is 2.26. The summed E-state index contributed by atoms with van der Waals surface area (Å²) in [5, 5.41) is 4.20. The van der Waals surface area contributed by atoms with E-state index in [2.05, 4.69) is 21.1 Å². The van der Waals surface area contributed by atoms with Gasteiger partial charge in [-0.1, -0.05) is 5.16 Å². The summed E-state index contributed by atoms with van der Waals surface area (Å²) >= 11 is 3.12. The van der Waals surface area contributed by atoms with Crippen molar-refractivity contribution < 1.29 is 12.9 Å². The number of rotatable bonds is 1. The zero-order valence-corrected chi connectivity index (χ0v) is 9.73. The first kappa shape index (κ1) is 9.95. The molecule has 0 saturated heterocycles. The fourth-order valence-electron chi connectivity index (χ4n) is 1.04. The highest BCUT2D eigenvalue weighted by molar-refractivity contribution is 9.10. The molecule has 74 valence electrons. The smallest absolute Gasteiger partial charge is 0.261 e. The molecule has 2 aromatic rings. The van der Waals surface area contributed by atoms with Gasteiger partial charge in [-0.05, 0) is 34.1 Å². The summed E-state index contributed by atoms with van der Waals surface area (Å²) < 4.78 is 27.4. The second-order valence-corrected chi connectivity index (χ2v) is 5.89. The third-order valence-electron chi connectivity index (χ3n) is 1.68. The van der Waals surface area contributed by atoms with Gasteiger partial charge in [-0.25, -0.2) is 8.42 Å². The third-order valence-corrected chi connectivity index (χ3v) is 3.60. The molecule has 0 saturated carbocycles. The maximum absolute atomic E-state index is 11.0. The highest BCUT2D eigenvalue weighted by atomic mass is 79.9. The molecule has 0 aliphatic carbocycles. The maximum atomic E-state index is 11.0. The third kappa shape index (κ3) is 1.65. The predicted octanol–water partition coefficient (Wildman–Crippen LogP) is 2.52. The topological polar surface area (TPSA) is 60.2 Å². The summed E-state index contributed by atoms with van der Waals surface area (Å²) in [5.41, 5.74) is 0.501. The van der Waals surface area contributed by atoms with E-state index in [4.69, 9.17) is 15.2 Å². The van der Waals surface area contributed by atoms with Crippen molar-refractivity contribution >= 4 is 46.6 Å². The van der Waals surface area contributed by atoms with Crippen molar-refractivity contribution in [3.05, 3.63) is 22.8 Å². The molecule has 0 unspecified atom stereocenters. The SMILES string of the molecule is O=S(=O)(Cl)c1ccc2onc(Br)c2c1. The van der Waals surface area contributed by atoms with Crippen molar-refractivity contribution in [3.63, 3.8) is 0 Å². The van der Waals surface area contributed by atoms with Crippen molar-refractivity contribution in [1.82, 2.24) is 5.16 Å². The van der Waals surface area contributed by atoms with Crippen LogP contribution in [-0.2, 0) is 9.05 Å². The summed E-state index contributed by atoms with van der Waals surface area (Å²) in [4.78, 5) is 0.0237. The van der Waals surface area contributed by atoms with Crippen LogP contribution in [0.2, 0.25) is 0 Å². The number of halogens is 2. The van der Waals surface area contributed by atoms with Crippen LogP contribution >= 0.6 is 26.6 Å². The Kier molecular flexibility index (Phi) is 2.29. The molecular weight excluding hydrogens is 294 g/mol. The van der Waals surface area contributed by atoms with Gasteiger partial charge in [0.05, 0.1) is 10.3 Å². The molecule has 0 atom stereocenters. The van der Waals surface area contributed by atoms with Crippen LogP contribution in [0.1, 0.15) is 0 Å². The monoisotopic (exact) mass is 295 g/mol. The van der Waals surface area contributed by atoms with Crippen molar-refractivity contribution in [1.29, 1.82) is 0 Å². The van der Waals surface area contributed by atoms with Gasteiger partial charge in [0.1, 0.15) is 0 Å². The first-order valence-electron chi connectivity index (χ1n) is 3.48. The van der Waals surface area contributed by atoms with E-state index in [0.717, 1.165) is 0 Å². The Morgan fingerprint density at radius 1 is 1.43 bits per heavy atom. The van der Waals surface area contributed by atoms with E-state index in [1.807, 2.05) is 0 Å². The van der Waals surface area contributed by atoms with Gasteiger partial charge in [-0.3, -0.25) is 0 Å². The molecule has 1 aromatic heterocycles. The number of hydrogen-bond donors (Lipinski definition) is 0. The van der Waals surface area contributed by atoms with Crippen LogP contribution in [0.4, 0.5) is 0 Å². The first-order chi connectivity index (χ1) is 6.48. The van der Waals surface area contributed by atoms with Gasteiger partial charge in [0.2, 0.25) is 0 Å². The van der Waals surface area contributed by atoms with E-state index in [-0.39, 0.29) is 4.90 Å². The molecule has 0 aliphatic heterocycles. The molecule has 1 heterocycles. The minimum Gasteiger partial charge on any atom is -0.355 e. The van der Waals surface area contributed by atoms with Crippen molar-refractivity contribution in [2.75, 3.05) is 0 Å². The molecule has 2 rings (SSSR count). The molecule has 0 spiro atoms. The lowest BCUT2D eigenvalue weighted by atomic mass is 10.3. The van der Waals surface area contributed by atoms with Gasteiger partial charge in [-0.2, -0.15) is 0 Å². The van der Waals surface area contributed by atoms with Gasteiger partial charge in [-0.15, -0.1) is 0 Å². The van der Waals surface area contributed by atoms with Gasteiger partial charge in [0.15, 0.2) is 10.2 Å². The van der Waals surface area contributed by atoms with Crippen molar-refractivity contribution in [2.45, 2.75) is 4.90 Å². The quantitative estimate of drug-likeness (QED) is 0.759. The summed E-state index contributed by atoms with van der Waals surface area (Å²) in [6.45, 7) is 0. The highest BCUT2D eigenvalue weighted by Gasteiger charge is 2.13. The molecule has 0 N–H and O–H groups in total. The molecule has 0 amide bonds. The molecule has 0 aliphatic rings. The van der Waals surface area contributed by atoms with E-state index in [1.165, 1.54) is 18.2 Å². The Morgan fingerprint density at radius 3 is 2.79 bits per heavy atom. The van der Waals surface area contributed by atoms with Gasteiger partial charge < -0.3 is 4.52 Å². The van der Waals surface area contributed by atoms with Crippen LogP contribution in [0.15, 0.2) is 32.2 Å². The number of nitrogens with zero attached hydrogens (tertiary/aromatic N) is 1. The van der Waals surface area contributed by atoms with Crippen LogP contribution in [0, 0.1) is 0 Å². The lowest BCUT2D eigenvalue weighted by molar-refractivity contribution is 0.451. The average molecular weight is 297 g/mol. The van der Waals surface area contributed by atoms with Crippen LogP contribution in [0.25, 0.3) is 11.0 Å². The average Bonchev–Trinajstić information content (AvgIpc) is 2.46. The molecule has 7 heteroatoms. The summed E-state index contributed by atoms with van der Waals surface area (Å²) in [7, 11) is 1.48. The summed E-state index contributed by atoms with van der Waals surface area (Å²) in [6.07, 6.45) is 0. The Balaban J connectivity index is 2.79. The molecule has 0 radical (unpaired) electrons. The van der Waals surface area contributed by atoms with E-state index in [9.17, 15) is 8.42 Å². The van der Waals surface area contributed by atoms with E-state index in [0.29, 0.717) is 15.6 Å². The van der Waals surface area contributed by atoms with Crippen LogP contribution in [0.5, 0.6) is 0 Å². The first-order valence-corrected chi connectivity index (χ1v) is 6.58. The molecule has 0 fully saturated rings. The number of benzene rings is 1. The minimum atomic E-state index is -3.71. The Labute approximate surface area is 92.4 Å². The number of aromatic nitrogens is 1. The molecule has 14 heavy (non-hydrogen) atoms. The fourth-order valence-corrected chi connectivity index (χ4v) is 2.20. The standard InChI is InChI=1S/C7H3BrClNO3S/c8-7-5-3-4(14(9,11)12)1-2-6(5)13-10-7/h1-3H. The van der Waals surface area contributed by atoms with E-state index in [1.54, 1.807) is 0 Å². The van der Waals surface area contributed by atoms with E-state index >= 15 is 0 Å². The van der Waals surface area contributed by atoms with Gasteiger partial charge >= 0.3 is 0 Å². The normalized spacial score (nSPS) is 12.1. The van der Waals surface area contributed by atoms with Crippen molar-refractivity contribution in [2.24, 2.45) is 0 Å². The second-order valence-electron chi connectivity index (χ2n) is 2.57. The molecule has 4 nitrogen and oxygen atoms in total.